The number of rotatable bonds is 4. The van der Waals surface area contributed by atoms with Gasteiger partial charge in [0.25, 0.3) is 5.91 Å². The first-order valence-electron chi connectivity index (χ1n) is 11.8. The van der Waals surface area contributed by atoms with Crippen molar-refractivity contribution in [1.82, 2.24) is 15.1 Å². The van der Waals surface area contributed by atoms with Gasteiger partial charge in [0, 0.05) is 35.1 Å². The summed E-state index contributed by atoms with van der Waals surface area (Å²) in [5, 5.41) is 3.39. The third-order valence-electron chi connectivity index (χ3n) is 7.62. The van der Waals surface area contributed by atoms with Crippen LogP contribution in [-0.2, 0) is 10.2 Å². The molecule has 5 nitrogen and oxygen atoms in total. The number of halogens is 1. The monoisotopic (exact) mass is 463 g/mol. The lowest BCUT2D eigenvalue weighted by Gasteiger charge is -2.41. The standard InChI is InChI=1S/C27H30ClN3O2/c1-19-16-21(6-7-24(19)28)26(33)29-17-25(32)31-13-9-22(18-31)30-14-11-27(12-15-30)10-8-20-4-2-3-5-23(20)27/h2-8,10,16,22H,9,11-15,17-18H2,1H3,(H,29,33). The maximum absolute atomic E-state index is 12.7. The molecule has 2 aromatic rings. The predicted molar refractivity (Wildman–Crippen MR) is 131 cm³/mol. The van der Waals surface area contributed by atoms with Gasteiger partial charge >= 0.3 is 0 Å². The lowest BCUT2D eigenvalue weighted by molar-refractivity contribution is -0.129. The van der Waals surface area contributed by atoms with Crippen molar-refractivity contribution >= 4 is 29.5 Å². The minimum Gasteiger partial charge on any atom is -0.343 e. The van der Waals surface area contributed by atoms with E-state index < -0.39 is 0 Å². The largest absolute Gasteiger partial charge is 0.343 e. The second-order valence-electron chi connectivity index (χ2n) is 9.54. The molecule has 3 aliphatic rings. The Labute approximate surface area is 200 Å². The molecule has 0 saturated carbocycles. The third kappa shape index (κ3) is 4.32. The topological polar surface area (TPSA) is 52.7 Å². The van der Waals surface area contributed by atoms with Crippen LogP contribution < -0.4 is 5.32 Å². The first kappa shape index (κ1) is 22.2. The molecule has 2 aliphatic heterocycles. The maximum atomic E-state index is 12.7. The van der Waals surface area contributed by atoms with Crippen LogP contribution >= 0.6 is 11.6 Å². The zero-order valence-corrected chi connectivity index (χ0v) is 19.8. The molecule has 1 atom stereocenters. The number of aryl methyl sites for hydroxylation is 1. The van der Waals surface area contributed by atoms with E-state index in [0.717, 1.165) is 51.0 Å². The van der Waals surface area contributed by atoms with Gasteiger partial charge < -0.3 is 10.2 Å². The highest BCUT2D eigenvalue weighted by molar-refractivity contribution is 6.31. The second kappa shape index (κ2) is 8.96. The van der Waals surface area contributed by atoms with Gasteiger partial charge in [-0.25, -0.2) is 0 Å². The van der Waals surface area contributed by atoms with Gasteiger partial charge in [-0.05, 0) is 74.2 Å². The molecular formula is C27H30ClN3O2. The molecule has 1 aliphatic carbocycles. The number of likely N-dealkylation sites (tertiary alicyclic amines) is 2. The lowest BCUT2D eigenvalue weighted by Crippen LogP contribution is -2.47. The summed E-state index contributed by atoms with van der Waals surface area (Å²) in [6, 6.07) is 14.3. The van der Waals surface area contributed by atoms with Crippen LogP contribution in [0.3, 0.4) is 0 Å². The molecule has 2 saturated heterocycles. The molecule has 0 aromatic heterocycles. The Morgan fingerprint density at radius 3 is 2.70 bits per heavy atom. The van der Waals surface area contributed by atoms with E-state index in [1.807, 2.05) is 11.8 Å². The summed E-state index contributed by atoms with van der Waals surface area (Å²) in [6.45, 7) is 5.49. The Balaban J connectivity index is 1.12. The van der Waals surface area contributed by atoms with Crippen molar-refractivity contribution in [3.05, 3.63) is 75.8 Å². The molecule has 0 bridgehead atoms. The molecule has 1 N–H and O–H groups in total. The highest BCUT2D eigenvalue weighted by Crippen LogP contribution is 2.44. The van der Waals surface area contributed by atoms with Crippen molar-refractivity contribution in [2.24, 2.45) is 0 Å². The van der Waals surface area contributed by atoms with Crippen LogP contribution in [0.5, 0.6) is 0 Å². The van der Waals surface area contributed by atoms with Gasteiger partial charge in [-0.2, -0.15) is 0 Å². The van der Waals surface area contributed by atoms with E-state index in [1.54, 1.807) is 18.2 Å². The number of hydrogen-bond donors (Lipinski definition) is 1. The van der Waals surface area contributed by atoms with Crippen molar-refractivity contribution in [2.45, 2.75) is 37.6 Å². The smallest absolute Gasteiger partial charge is 0.251 e. The van der Waals surface area contributed by atoms with Gasteiger partial charge in [-0.3, -0.25) is 14.5 Å². The van der Waals surface area contributed by atoms with Gasteiger partial charge in [0.2, 0.25) is 5.91 Å². The minimum absolute atomic E-state index is 0.0160. The Morgan fingerprint density at radius 2 is 1.91 bits per heavy atom. The van der Waals surface area contributed by atoms with Gasteiger partial charge in [-0.1, -0.05) is 48.0 Å². The van der Waals surface area contributed by atoms with Gasteiger partial charge in [0.05, 0.1) is 6.54 Å². The van der Waals surface area contributed by atoms with E-state index in [-0.39, 0.29) is 23.8 Å². The molecule has 2 aromatic carbocycles. The Kier molecular flexibility index (Phi) is 6.02. The number of benzene rings is 2. The summed E-state index contributed by atoms with van der Waals surface area (Å²) >= 11 is 6.03. The highest BCUT2D eigenvalue weighted by Gasteiger charge is 2.40. The van der Waals surface area contributed by atoms with Crippen LogP contribution in [-0.4, -0.2) is 60.4 Å². The molecule has 6 heteroatoms. The van der Waals surface area contributed by atoms with Crippen LogP contribution in [0.1, 0.15) is 46.3 Å². The number of amides is 2. The molecule has 5 rings (SSSR count). The molecular weight excluding hydrogens is 434 g/mol. The SMILES string of the molecule is Cc1cc(C(=O)NCC(=O)N2CCC(N3CCC4(C=Cc5ccccc54)CC3)C2)ccc1Cl. The Bertz CT molecular complexity index is 1100. The second-order valence-corrected chi connectivity index (χ2v) is 9.95. The molecule has 1 spiro atoms. The van der Waals surface area contributed by atoms with Gasteiger partial charge in [0.15, 0.2) is 0 Å². The average Bonchev–Trinajstić information content (AvgIpc) is 3.46. The van der Waals surface area contributed by atoms with E-state index in [2.05, 4.69) is 46.6 Å². The van der Waals surface area contributed by atoms with Gasteiger partial charge in [-0.15, -0.1) is 0 Å². The minimum atomic E-state index is -0.245. The summed E-state index contributed by atoms with van der Waals surface area (Å²) in [6.07, 6.45) is 7.93. The number of hydrogen-bond acceptors (Lipinski definition) is 3. The third-order valence-corrected chi connectivity index (χ3v) is 8.05. The lowest BCUT2D eigenvalue weighted by atomic mass is 9.74. The van der Waals surface area contributed by atoms with E-state index in [4.69, 9.17) is 11.6 Å². The fourth-order valence-corrected chi connectivity index (χ4v) is 5.70. The Morgan fingerprint density at radius 1 is 1.12 bits per heavy atom. The summed E-state index contributed by atoms with van der Waals surface area (Å²) < 4.78 is 0. The highest BCUT2D eigenvalue weighted by atomic mass is 35.5. The first-order valence-corrected chi connectivity index (χ1v) is 12.2. The zero-order valence-electron chi connectivity index (χ0n) is 19.0. The molecule has 0 radical (unpaired) electrons. The van der Waals surface area contributed by atoms with E-state index in [0.29, 0.717) is 16.6 Å². The number of nitrogens with one attached hydrogen (secondary N) is 1. The van der Waals surface area contributed by atoms with Crippen molar-refractivity contribution in [2.75, 3.05) is 32.7 Å². The maximum Gasteiger partial charge on any atom is 0.251 e. The number of allylic oxidation sites excluding steroid dienone is 1. The van der Waals surface area contributed by atoms with Crippen LogP contribution in [0.4, 0.5) is 0 Å². The average molecular weight is 464 g/mol. The van der Waals surface area contributed by atoms with Crippen LogP contribution in [0.15, 0.2) is 48.5 Å². The van der Waals surface area contributed by atoms with Crippen LogP contribution in [0.25, 0.3) is 6.08 Å². The Hall–Kier alpha value is -2.63. The zero-order chi connectivity index (χ0) is 23.0. The van der Waals surface area contributed by atoms with Crippen molar-refractivity contribution in [3.63, 3.8) is 0 Å². The summed E-state index contributed by atoms with van der Waals surface area (Å²) in [5.74, 6) is -0.261. The van der Waals surface area contributed by atoms with Gasteiger partial charge in [0.1, 0.15) is 0 Å². The quantitative estimate of drug-likeness (QED) is 0.744. The molecule has 172 valence electrons. The fourth-order valence-electron chi connectivity index (χ4n) is 5.58. The summed E-state index contributed by atoms with van der Waals surface area (Å²) in [4.78, 5) is 29.6. The molecule has 33 heavy (non-hydrogen) atoms. The molecule has 2 heterocycles. The normalized spacial score (nSPS) is 21.4. The van der Waals surface area contributed by atoms with Crippen LogP contribution in [0, 0.1) is 6.92 Å². The van der Waals surface area contributed by atoms with Crippen molar-refractivity contribution in [3.8, 4) is 0 Å². The summed E-state index contributed by atoms with van der Waals surface area (Å²) in [7, 11) is 0. The molecule has 2 amide bonds. The first-order chi connectivity index (χ1) is 15.9. The predicted octanol–water partition coefficient (Wildman–Crippen LogP) is 4.04. The number of piperidine rings is 1. The van der Waals surface area contributed by atoms with Crippen LogP contribution in [0.2, 0.25) is 5.02 Å². The van der Waals surface area contributed by atoms with Crippen molar-refractivity contribution in [1.29, 1.82) is 0 Å². The van der Waals surface area contributed by atoms with E-state index in [9.17, 15) is 9.59 Å². The van der Waals surface area contributed by atoms with E-state index >= 15 is 0 Å². The molecule has 2 fully saturated rings. The summed E-state index contributed by atoms with van der Waals surface area (Å²) in [5.41, 5.74) is 4.39. The molecule has 1 unspecified atom stereocenters. The number of fused-ring (bicyclic) bond motifs is 2. The number of nitrogens with zero attached hydrogens (tertiary/aromatic N) is 2. The van der Waals surface area contributed by atoms with Crippen molar-refractivity contribution < 1.29 is 9.59 Å². The van der Waals surface area contributed by atoms with E-state index in [1.165, 1.54) is 11.1 Å². The number of carbonyl (C=O) groups is 2. The number of carbonyl (C=O) groups excluding carboxylic acids is 2. The fraction of sp³-hybridized carbons (Fsp3) is 0.407.